The zero-order valence-electron chi connectivity index (χ0n) is 14.2. The van der Waals surface area contributed by atoms with E-state index in [1.807, 2.05) is 5.32 Å². The Hall–Kier alpha value is -3.02. The molecule has 0 radical (unpaired) electrons. The molecule has 0 fully saturated rings. The molecular weight excluding hydrogens is 351 g/mol. The largest absolute Gasteiger partial charge is 0.491 e. The first-order valence-electron chi connectivity index (χ1n) is 7.61. The molecule has 0 saturated carbocycles. The molecule has 0 aromatic heterocycles. The highest BCUT2D eigenvalue weighted by atomic mass is 19.4. The predicted molar refractivity (Wildman–Crippen MR) is 84.9 cm³/mol. The minimum absolute atomic E-state index is 0.112. The van der Waals surface area contributed by atoms with Crippen LogP contribution in [-0.4, -0.2) is 29.6 Å². The fraction of sp³-hybridized carbons (Fsp3) is 0.353. The van der Waals surface area contributed by atoms with Gasteiger partial charge in [-0.2, -0.15) is 18.4 Å². The number of halogens is 3. The molecule has 1 atom stereocenters. The third-order valence-corrected chi connectivity index (χ3v) is 3.72. The number of alkyl halides is 3. The zero-order chi connectivity index (χ0) is 19.7. The van der Waals surface area contributed by atoms with Gasteiger partial charge in [-0.25, -0.2) is 0 Å². The maximum absolute atomic E-state index is 13.7. The predicted octanol–water partition coefficient (Wildman–Crippen LogP) is 2.43. The molecule has 2 N–H and O–H groups in total. The summed E-state index contributed by atoms with van der Waals surface area (Å²) in [6.45, 7) is 4.75. The fourth-order valence-electron chi connectivity index (χ4n) is 2.55. The molecule has 0 unspecified atom stereocenters. The van der Waals surface area contributed by atoms with Gasteiger partial charge in [0.15, 0.2) is 0 Å². The average Bonchev–Trinajstić information content (AvgIpc) is 2.77. The number of rotatable bonds is 4. The van der Waals surface area contributed by atoms with E-state index in [0.29, 0.717) is 5.75 Å². The summed E-state index contributed by atoms with van der Waals surface area (Å²) in [6.07, 6.45) is -5.31. The van der Waals surface area contributed by atoms with Gasteiger partial charge in [-0.15, -0.1) is 0 Å². The second-order valence-corrected chi connectivity index (χ2v) is 5.96. The van der Waals surface area contributed by atoms with E-state index in [-0.39, 0.29) is 17.4 Å². The Labute approximate surface area is 147 Å². The SMILES string of the molecule is CC1=C(C#N)[C@@](NC(=O)c2ccc(OC(C)C)cc2)(C(F)(F)F)C(=O)N1. The molecule has 9 heteroatoms. The molecule has 0 aliphatic carbocycles. The van der Waals surface area contributed by atoms with Crippen molar-refractivity contribution in [2.24, 2.45) is 0 Å². The number of hydrogen-bond donors (Lipinski definition) is 2. The first kappa shape index (κ1) is 19.3. The molecule has 1 aliphatic rings. The van der Waals surface area contributed by atoms with Crippen LogP contribution >= 0.6 is 0 Å². The smallest absolute Gasteiger partial charge is 0.425 e. The Morgan fingerprint density at radius 2 is 1.88 bits per heavy atom. The van der Waals surface area contributed by atoms with E-state index >= 15 is 0 Å². The molecule has 138 valence electrons. The standard InChI is InChI=1S/C17H16F3N3O3/c1-9(2)26-12-6-4-11(5-7-12)14(24)23-16(17(18,19)20)13(8-21)10(3)22-15(16)25/h4-7,9H,1-3H3,(H,22,25)(H,23,24)/t16-/m0/s1. The van der Waals surface area contributed by atoms with E-state index in [2.05, 4.69) is 0 Å². The summed E-state index contributed by atoms with van der Waals surface area (Å²) >= 11 is 0. The van der Waals surface area contributed by atoms with Crippen molar-refractivity contribution in [2.45, 2.75) is 38.6 Å². The van der Waals surface area contributed by atoms with Crippen molar-refractivity contribution in [3.05, 3.63) is 41.1 Å². The molecule has 1 aliphatic heterocycles. The van der Waals surface area contributed by atoms with E-state index in [1.54, 1.807) is 19.2 Å². The van der Waals surface area contributed by atoms with Crippen LogP contribution in [0.2, 0.25) is 0 Å². The van der Waals surface area contributed by atoms with Gasteiger partial charge in [0.05, 0.1) is 17.7 Å². The molecular formula is C17H16F3N3O3. The third-order valence-electron chi connectivity index (χ3n) is 3.72. The van der Waals surface area contributed by atoms with Crippen molar-refractivity contribution >= 4 is 11.8 Å². The lowest BCUT2D eigenvalue weighted by Crippen LogP contribution is -2.64. The van der Waals surface area contributed by atoms with E-state index in [1.165, 1.54) is 30.3 Å². The van der Waals surface area contributed by atoms with Crippen molar-refractivity contribution in [3.8, 4) is 11.8 Å². The highest BCUT2D eigenvalue weighted by Gasteiger charge is 2.67. The number of carbonyl (C=O) groups excluding carboxylic acids is 2. The number of carbonyl (C=O) groups is 2. The van der Waals surface area contributed by atoms with Gasteiger partial charge in [-0.05, 0) is 45.0 Å². The number of nitrogens with zero attached hydrogens (tertiary/aromatic N) is 1. The first-order chi connectivity index (χ1) is 12.0. The Kier molecular flexibility index (Phi) is 4.98. The topological polar surface area (TPSA) is 91.2 Å². The van der Waals surface area contributed by atoms with Gasteiger partial charge < -0.3 is 15.4 Å². The normalized spacial score (nSPS) is 20.0. The van der Waals surface area contributed by atoms with Gasteiger partial charge in [-0.3, -0.25) is 9.59 Å². The number of nitrogens with one attached hydrogen (secondary N) is 2. The van der Waals surface area contributed by atoms with Gasteiger partial charge in [-0.1, -0.05) is 0 Å². The van der Waals surface area contributed by atoms with Crippen molar-refractivity contribution < 1.29 is 27.5 Å². The summed E-state index contributed by atoms with van der Waals surface area (Å²) in [6, 6.07) is 6.77. The molecule has 6 nitrogen and oxygen atoms in total. The zero-order valence-corrected chi connectivity index (χ0v) is 14.2. The van der Waals surface area contributed by atoms with E-state index < -0.39 is 29.1 Å². The summed E-state index contributed by atoms with van der Waals surface area (Å²) in [5.74, 6) is -2.22. The number of amides is 2. The summed E-state index contributed by atoms with van der Waals surface area (Å²) in [7, 11) is 0. The van der Waals surface area contributed by atoms with E-state index in [4.69, 9.17) is 10.00 Å². The lowest BCUT2D eigenvalue weighted by molar-refractivity contribution is -0.184. The molecule has 26 heavy (non-hydrogen) atoms. The van der Waals surface area contributed by atoms with Gasteiger partial charge in [0.2, 0.25) is 0 Å². The van der Waals surface area contributed by atoms with Crippen LogP contribution in [0.5, 0.6) is 5.75 Å². The van der Waals surface area contributed by atoms with Crippen LogP contribution in [0.4, 0.5) is 13.2 Å². The molecule has 1 aromatic rings. The lowest BCUT2D eigenvalue weighted by Gasteiger charge is -2.30. The second kappa shape index (κ2) is 6.71. The number of allylic oxidation sites excluding steroid dienone is 1. The van der Waals surface area contributed by atoms with Crippen LogP contribution in [-0.2, 0) is 4.79 Å². The highest BCUT2D eigenvalue weighted by molar-refractivity contribution is 6.04. The summed E-state index contributed by atoms with van der Waals surface area (Å²) in [5, 5.41) is 12.7. The third kappa shape index (κ3) is 3.22. The summed E-state index contributed by atoms with van der Waals surface area (Å²) in [4.78, 5) is 24.3. The van der Waals surface area contributed by atoms with Crippen LogP contribution in [0, 0.1) is 11.3 Å². The first-order valence-corrected chi connectivity index (χ1v) is 7.61. The van der Waals surface area contributed by atoms with Crippen LogP contribution in [0.15, 0.2) is 35.5 Å². The van der Waals surface area contributed by atoms with E-state index in [0.717, 1.165) is 6.92 Å². The Bertz CT molecular complexity index is 807. The molecule has 1 heterocycles. The molecule has 0 spiro atoms. The van der Waals surface area contributed by atoms with Crippen molar-refractivity contribution in [2.75, 3.05) is 0 Å². The lowest BCUT2D eigenvalue weighted by atomic mass is 9.90. The van der Waals surface area contributed by atoms with Gasteiger partial charge in [0.25, 0.3) is 17.4 Å². The van der Waals surface area contributed by atoms with Gasteiger partial charge in [0.1, 0.15) is 5.75 Å². The molecule has 0 bridgehead atoms. The highest BCUT2D eigenvalue weighted by Crippen LogP contribution is 2.40. The van der Waals surface area contributed by atoms with Crippen molar-refractivity contribution in [3.63, 3.8) is 0 Å². The summed E-state index contributed by atoms with van der Waals surface area (Å²) in [5.41, 5.74) is -4.67. The second-order valence-electron chi connectivity index (χ2n) is 5.96. The maximum atomic E-state index is 13.7. The number of hydrogen-bond acceptors (Lipinski definition) is 4. The average molecular weight is 367 g/mol. The molecule has 0 saturated heterocycles. The monoisotopic (exact) mass is 367 g/mol. The minimum Gasteiger partial charge on any atom is -0.491 e. The van der Waals surface area contributed by atoms with Crippen LogP contribution < -0.4 is 15.4 Å². The number of ether oxygens (including phenoxy) is 1. The fourth-order valence-corrected chi connectivity index (χ4v) is 2.55. The maximum Gasteiger partial charge on any atom is 0.425 e. The number of nitriles is 1. The quantitative estimate of drug-likeness (QED) is 0.855. The van der Waals surface area contributed by atoms with Crippen LogP contribution in [0.25, 0.3) is 0 Å². The molecule has 2 rings (SSSR count). The summed E-state index contributed by atoms with van der Waals surface area (Å²) < 4.78 is 46.4. The Morgan fingerprint density at radius 3 is 2.35 bits per heavy atom. The minimum atomic E-state index is -5.20. The Morgan fingerprint density at radius 1 is 1.31 bits per heavy atom. The van der Waals surface area contributed by atoms with Crippen LogP contribution in [0.3, 0.4) is 0 Å². The molecule has 2 amide bonds. The van der Waals surface area contributed by atoms with Crippen molar-refractivity contribution in [1.29, 1.82) is 5.26 Å². The van der Waals surface area contributed by atoms with Crippen LogP contribution in [0.1, 0.15) is 31.1 Å². The van der Waals surface area contributed by atoms with E-state index in [9.17, 15) is 22.8 Å². The molecule has 1 aromatic carbocycles. The van der Waals surface area contributed by atoms with Gasteiger partial charge >= 0.3 is 6.18 Å². The Balaban J connectivity index is 2.38. The number of benzene rings is 1. The van der Waals surface area contributed by atoms with Crippen molar-refractivity contribution in [1.82, 2.24) is 10.6 Å². The van der Waals surface area contributed by atoms with Gasteiger partial charge in [0, 0.05) is 11.3 Å².